The average Bonchev–Trinajstić information content (AvgIpc) is 2.70. The van der Waals surface area contributed by atoms with Gasteiger partial charge >= 0.3 is 18.2 Å². The van der Waals surface area contributed by atoms with Crippen LogP contribution in [0.3, 0.4) is 0 Å². The fraction of sp³-hybridized carbons (Fsp3) is 0.364. The second-order valence-electron chi connectivity index (χ2n) is 7.16. The van der Waals surface area contributed by atoms with E-state index >= 15 is 0 Å². The molecule has 0 aromatic heterocycles. The Balaban J connectivity index is 1.88. The number of aliphatic carboxylic acids is 1. The maximum atomic E-state index is 12.7. The summed E-state index contributed by atoms with van der Waals surface area (Å²) in [5.41, 5.74) is 0.843. The SMILES string of the molecule is CC(C)O[C@@H](Cc1cccc(CNC(=O)OCc2cccc(C(F)(F)F)c2)c1)C(=O)O. The third kappa shape index (κ3) is 8.29. The number of benzene rings is 2. The van der Waals surface area contributed by atoms with Crippen LogP contribution < -0.4 is 5.32 Å². The van der Waals surface area contributed by atoms with Gasteiger partial charge in [0.1, 0.15) is 6.61 Å². The van der Waals surface area contributed by atoms with E-state index in [1.54, 1.807) is 38.1 Å². The van der Waals surface area contributed by atoms with Crippen LogP contribution in [0.1, 0.15) is 36.1 Å². The summed E-state index contributed by atoms with van der Waals surface area (Å²) in [5, 5.41) is 11.8. The number of alkyl carbamates (subject to hydrolysis) is 1. The van der Waals surface area contributed by atoms with Gasteiger partial charge in [0.15, 0.2) is 6.10 Å². The topological polar surface area (TPSA) is 84.9 Å². The van der Waals surface area contributed by atoms with Crippen molar-refractivity contribution in [1.82, 2.24) is 5.32 Å². The molecular weight excluding hydrogens is 415 g/mol. The van der Waals surface area contributed by atoms with Crippen LogP contribution in [-0.2, 0) is 40.0 Å². The second-order valence-corrected chi connectivity index (χ2v) is 7.16. The van der Waals surface area contributed by atoms with Gasteiger partial charge in [-0.1, -0.05) is 36.4 Å². The van der Waals surface area contributed by atoms with Crippen LogP contribution in [0.25, 0.3) is 0 Å². The average molecular weight is 439 g/mol. The first-order chi connectivity index (χ1) is 14.5. The molecule has 31 heavy (non-hydrogen) atoms. The van der Waals surface area contributed by atoms with Crippen molar-refractivity contribution in [2.45, 2.75) is 51.8 Å². The Labute approximate surface area is 178 Å². The Morgan fingerprint density at radius 1 is 1.03 bits per heavy atom. The third-order valence-electron chi connectivity index (χ3n) is 4.19. The molecule has 0 aliphatic heterocycles. The molecule has 9 heteroatoms. The number of ether oxygens (including phenoxy) is 2. The van der Waals surface area contributed by atoms with E-state index in [9.17, 15) is 27.9 Å². The lowest BCUT2D eigenvalue weighted by atomic mass is 10.0. The van der Waals surface area contributed by atoms with Crippen molar-refractivity contribution < 1.29 is 37.3 Å². The fourth-order valence-corrected chi connectivity index (χ4v) is 2.81. The van der Waals surface area contributed by atoms with Crippen molar-refractivity contribution in [2.75, 3.05) is 0 Å². The molecular formula is C22H24F3NO5. The van der Waals surface area contributed by atoms with Crippen LogP contribution in [0.15, 0.2) is 48.5 Å². The van der Waals surface area contributed by atoms with Gasteiger partial charge in [-0.25, -0.2) is 9.59 Å². The van der Waals surface area contributed by atoms with Crippen LogP contribution in [0, 0.1) is 0 Å². The van der Waals surface area contributed by atoms with Gasteiger partial charge in [0.25, 0.3) is 0 Å². The van der Waals surface area contributed by atoms with E-state index in [0.717, 1.165) is 17.7 Å². The first kappa shape index (κ1) is 24.2. The minimum absolute atomic E-state index is 0.109. The molecule has 2 aromatic rings. The van der Waals surface area contributed by atoms with Crippen molar-refractivity contribution in [2.24, 2.45) is 0 Å². The summed E-state index contributed by atoms with van der Waals surface area (Å²) in [7, 11) is 0. The highest BCUT2D eigenvalue weighted by Gasteiger charge is 2.30. The number of carbonyl (C=O) groups excluding carboxylic acids is 1. The molecule has 2 aromatic carbocycles. The number of carbonyl (C=O) groups is 2. The number of rotatable bonds is 9. The Hall–Kier alpha value is -3.07. The molecule has 0 saturated heterocycles. The molecule has 2 rings (SSSR count). The highest BCUT2D eigenvalue weighted by Crippen LogP contribution is 2.29. The molecule has 0 aliphatic carbocycles. The van der Waals surface area contributed by atoms with Crippen molar-refractivity contribution in [3.8, 4) is 0 Å². The number of amides is 1. The van der Waals surface area contributed by atoms with Gasteiger partial charge in [0.2, 0.25) is 0 Å². The quantitative estimate of drug-likeness (QED) is 0.599. The molecule has 2 N–H and O–H groups in total. The summed E-state index contributed by atoms with van der Waals surface area (Å²) in [6, 6.07) is 11.5. The summed E-state index contributed by atoms with van der Waals surface area (Å²) < 4.78 is 48.6. The zero-order valence-corrected chi connectivity index (χ0v) is 17.1. The van der Waals surface area contributed by atoms with E-state index in [1.807, 2.05) is 0 Å². The third-order valence-corrected chi connectivity index (χ3v) is 4.19. The van der Waals surface area contributed by atoms with E-state index in [2.05, 4.69) is 5.32 Å². The zero-order chi connectivity index (χ0) is 23.0. The molecule has 0 aliphatic rings. The van der Waals surface area contributed by atoms with Crippen LogP contribution in [0.5, 0.6) is 0 Å². The summed E-state index contributed by atoms with van der Waals surface area (Å²) >= 11 is 0. The maximum absolute atomic E-state index is 12.7. The first-order valence-corrected chi connectivity index (χ1v) is 9.57. The minimum Gasteiger partial charge on any atom is -0.479 e. The van der Waals surface area contributed by atoms with Crippen LogP contribution in [-0.4, -0.2) is 29.4 Å². The summed E-state index contributed by atoms with van der Waals surface area (Å²) in [4.78, 5) is 23.2. The van der Waals surface area contributed by atoms with Crippen molar-refractivity contribution in [1.29, 1.82) is 0 Å². The Morgan fingerprint density at radius 2 is 1.68 bits per heavy atom. The Kier molecular flexibility index (Phi) is 8.44. The van der Waals surface area contributed by atoms with Crippen molar-refractivity contribution in [3.05, 3.63) is 70.8 Å². The van der Waals surface area contributed by atoms with Crippen LogP contribution in [0.2, 0.25) is 0 Å². The van der Waals surface area contributed by atoms with E-state index in [-0.39, 0.29) is 31.2 Å². The highest BCUT2D eigenvalue weighted by atomic mass is 19.4. The first-order valence-electron chi connectivity index (χ1n) is 9.57. The predicted octanol–water partition coefficient (Wildman–Crippen LogP) is 4.55. The smallest absolute Gasteiger partial charge is 0.416 e. The largest absolute Gasteiger partial charge is 0.479 e. The molecule has 1 atom stereocenters. The number of hydrogen-bond donors (Lipinski definition) is 2. The lowest BCUT2D eigenvalue weighted by Gasteiger charge is -2.17. The van der Waals surface area contributed by atoms with Gasteiger partial charge in [0.05, 0.1) is 11.7 Å². The molecule has 168 valence electrons. The number of alkyl halides is 3. The number of carboxylic acid groups (broad SMARTS) is 1. The van der Waals surface area contributed by atoms with Crippen molar-refractivity contribution >= 4 is 12.1 Å². The molecule has 0 spiro atoms. The maximum Gasteiger partial charge on any atom is 0.416 e. The molecule has 1 amide bonds. The number of halogens is 3. The lowest BCUT2D eigenvalue weighted by molar-refractivity contribution is -0.153. The molecule has 0 radical (unpaired) electrons. The molecule has 6 nitrogen and oxygen atoms in total. The Bertz CT molecular complexity index is 899. The zero-order valence-electron chi connectivity index (χ0n) is 17.1. The normalized spacial score (nSPS) is 12.5. The van der Waals surface area contributed by atoms with E-state index in [1.165, 1.54) is 12.1 Å². The molecule has 0 bridgehead atoms. The van der Waals surface area contributed by atoms with Gasteiger partial charge in [-0.15, -0.1) is 0 Å². The minimum atomic E-state index is -4.47. The monoisotopic (exact) mass is 439 g/mol. The lowest BCUT2D eigenvalue weighted by Crippen LogP contribution is -2.29. The van der Waals surface area contributed by atoms with Gasteiger partial charge in [0, 0.05) is 13.0 Å². The molecule has 0 unspecified atom stereocenters. The summed E-state index contributed by atoms with van der Waals surface area (Å²) in [5.74, 6) is -1.06. The van der Waals surface area contributed by atoms with Gasteiger partial charge in [-0.05, 0) is 42.7 Å². The molecule has 0 saturated carbocycles. The second kappa shape index (κ2) is 10.8. The number of nitrogens with one attached hydrogen (secondary N) is 1. The van der Waals surface area contributed by atoms with Crippen molar-refractivity contribution in [3.63, 3.8) is 0 Å². The van der Waals surface area contributed by atoms with Crippen LogP contribution >= 0.6 is 0 Å². The molecule has 0 heterocycles. The standard InChI is InChI=1S/C22H24F3NO5/c1-14(2)31-19(20(27)28)11-15-5-3-6-16(9-15)12-26-21(29)30-13-17-7-4-8-18(10-17)22(23,24)25/h3-10,14,19H,11-13H2,1-2H3,(H,26,29)(H,27,28)/t19-/m0/s1. The number of carboxylic acids is 1. The van der Waals surface area contributed by atoms with E-state index < -0.39 is 29.9 Å². The van der Waals surface area contributed by atoms with E-state index in [0.29, 0.717) is 5.56 Å². The Morgan fingerprint density at radius 3 is 2.32 bits per heavy atom. The van der Waals surface area contributed by atoms with Crippen LogP contribution in [0.4, 0.5) is 18.0 Å². The summed E-state index contributed by atoms with van der Waals surface area (Å²) in [6.07, 6.45) is -6.31. The summed E-state index contributed by atoms with van der Waals surface area (Å²) in [6.45, 7) is 3.31. The van der Waals surface area contributed by atoms with Gasteiger partial charge in [-0.2, -0.15) is 13.2 Å². The fourth-order valence-electron chi connectivity index (χ4n) is 2.81. The van der Waals surface area contributed by atoms with Gasteiger partial charge in [-0.3, -0.25) is 0 Å². The van der Waals surface area contributed by atoms with E-state index in [4.69, 9.17) is 9.47 Å². The predicted molar refractivity (Wildman–Crippen MR) is 106 cm³/mol. The molecule has 0 fully saturated rings. The number of hydrogen-bond acceptors (Lipinski definition) is 4. The highest BCUT2D eigenvalue weighted by molar-refractivity contribution is 5.72. The van der Waals surface area contributed by atoms with Gasteiger partial charge < -0.3 is 19.9 Å².